The molecular weight excluding hydrogens is 232 g/mol. The van der Waals surface area contributed by atoms with Crippen LogP contribution in [0.5, 0.6) is 0 Å². The molecule has 0 aliphatic heterocycles. The van der Waals surface area contributed by atoms with Gasteiger partial charge >= 0.3 is 0 Å². The summed E-state index contributed by atoms with van der Waals surface area (Å²) in [5.74, 6) is 0.231. The lowest BCUT2D eigenvalue weighted by Crippen LogP contribution is -2.40. The lowest BCUT2D eigenvalue weighted by molar-refractivity contribution is 0.267. The maximum atomic E-state index is 9.30. The zero-order chi connectivity index (χ0) is 14.1. The molecule has 1 N–H and O–H groups in total. The van der Waals surface area contributed by atoms with Gasteiger partial charge in [0.25, 0.3) is 0 Å². The maximum absolute atomic E-state index is 9.30. The minimum absolute atomic E-state index is 0.231. The van der Waals surface area contributed by atoms with E-state index in [1.165, 1.54) is 51.4 Å². The van der Waals surface area contributed by atoms with Crippen LogP contribution in [-0.4, -0.2) is 12.6 Å². The third-order valence-electron chi connectivity index (χ3n) is 4.48. The first kappa shape index (κ1) is 16.5. The summed E-state index contributed by atoms with van der Waals surface area (Å²) in [7, 11) is 0. The highest BCUT2D eigenvalue weighted by molar-refractivity contribution is 4.94. The van der Waals surface area contributed by atoms with Crippen LogP contribution in [0.15, 0.2) is 0 Å². The zero-order valence-corrected chi connectivity index (χ0v) is 13.2. The first-order valence-corrected chi connectivity index (χ1v) is 8.22. The van der Waals surface area contributed by atoms with E-state index in [0.717, 1.165) is 13.0 Å². The average molecular weight is 264 g/mol. The Morgan fingerprint density at radius 3 is 2.58 bits per heavy atom. The SMILES string of the molecule is CCCCCC(C)(C)CNC1CCCCCC1C#N. The van der Waals surface area contributed by atoms with Crippen molar-refractivity contribution in [2.75, 3.05) is 6.54 Å². The fourth-order valence-electron chi connectivity index (χ4n) is 3.06. The topological polar surface area (TPSA) is 35.8 Å². The highest BCUT2D eigenvalue weighted by Gasteiger charge is 2.25. The maximum Gasteiger partial charge on any atom is 0.0672 e. The molecule has 2 nitrogen and oxygen atoms in total. The van der Waals surface area contributed by atoms with E-state index in [1.807, 2.05) is 0 Å². The summed E-state index contributed by atoms with van der Waals surface area (Å²) in [4.78, 5) is 0. The first-order valence-electron chi connectivity index (χ1n) is 8.22. The lowest BCUT2D eigenvalue weighted by Gasteiger charge is -2.29. The summed E-state index contributed by atoms with van der Waals surface area (Å²) in [6.07, 6.45) is 11.3. The van der Waals surface area contributed by atoms with Gasteiger partial charge in [0.2, 0.25) is 0 Å². The molecule has 0 aromatic heterocycles. The molecule has 0 aromatic rings. The van der Waals surface area contributed by atoms with Crippen LogP contribution in [-0.2, 0) is 0 Å². The number of unbranched alkanes of at least 4 members (excludes halogenated alkanes) is 2. The van der Waals surface area contributed by atoms with Crippen molar-refractivity contribution in [3.05, 3.63) is 0 Å². The first-order chi connectivity index (χ1) is 9.09. The van der Waals surface area contributed by atoms with Crippen molar-refractivity contribution < 1.29 is 0 Å². The van der Waals surface area contributed by atoms with Crippen LogP contribution >= 0.6 is 0 Å². The largest absolute Gasteiger partial charge is 0.312 e. The van der Waals surface area contributed by atoms with E-state index in [-0.39, 0.29) is 5.92 Å². The van der Waals surface area contributed by atoms with Gasteiger partial charge in [-0.05, 0) is 24.7 Å². The molecule has 0 bridgehead atoms. The highest BCUT2D eigenvalue weighted by atomic mass is 14.9. The van der Waals surface area contributed by atoms with Gasteiger partial charge in [-0.3, -0.25) is 0 Å². The molecule has 0 heterocycles. The Labute approximate surface area is 120 Å². The van der Waals surface area contributed by atoms with Crippen molar-refractivity contribution in [2.24, 2.45) is 11.3 Å². The highest BCUT2D eigenvalue weighted by Crippen LogP contribution is 2.26. The summed E-state index contributed by atoms with van der Waals surface area (Å²) >= 11 is 0. The number of nitriles is 1. The third kappa shape index (κ3) is 6.43. The monoisotopic (exact) mass is 264 g/mol. The molecule has 2 unspecified atom stereocenters. The van der Waals surface area contributed by atoms with Gasteiger partial charge in [0, 0.05) is 12.6 Å². The van der Waals surface area contributed by atoms with Crippen LogP contribution in [0.4, 0.5) is 0 Å². The van der Waals surface area contributed by atoms with Crippen LogP contribution in [0.25, 0.3) is 0 Å². The molecular formula is C17H32N2. The molecule has 1 rings (SSSR count). The summed E-state index contributed by atoms with van der Waals surface area (Å²) in [5.41, 5.74) is 0.363. The number of nitrogens with one attached hydrogen (secondary N) is 1. The van der Waals surface area contributed by atoms with E-state index >= 15 is 0 Å². The molecule has 19 heavy (non-hydrogen) atoms. The van der Waals surface area contributed by atoms with Crippen molar-refractivity contribution >= 4 is 0 Å². The summed E-state index contributed by atoms with van der Waals surface area (Å²) in [6.45, 7) is 8.02. The third-order valence-corrected chi connectivity index (χ3v) is 4.48. The van der Waals surface area contributed by atoms with Crippen molar-refractivity contribution in [3.63, 3.8) is 0 Å². The second-order valence-corrected chi connectivity index (χ2v) is 6.98. The quantitative estimate of drug-likeness (QED) is 0.536. The average Bonchev–Trinajstić information content (AvgIpc) is 2.61. The fraction of sp³-hybridized carbons (Fsp3) is 0.941. The molecule has 0 spiro atoms. The van der Waals surface area contributed by atoms with Crippen LogP contribution in [0, 0.1) is 22.7 Å². The second kappa shape index (κ2) is 8.59. The van der Waals surface area contributed by atoms with E-state index in [9.17, 15) is 5.26 Å². The van der Waals surface area contributed by atoms with E-state index < -0.39 is 0 Å². The summed E-state index contributed by atoms with van der Waals surface area (Å²) in [6, 6.07) is 2.95. The molecule has 1 aliphatic carbocycles. The zero-order valence-electron chi connectivity index (χ0n) is 13.2. The van der Waals surface area contributed by atoms with Crippen LogP contribution < -0.4 is 5.32 Å². The number of nitrogens with zero attached hydrogens (tertiary/aromatic N) is 1. The normalized spacial score (nSPS) is 24.7. The van der Waals surface area contributed by atoms with Crippen molar-refractivity contribution in [3.8, 4) is 6.07 Å². The van der Waals surface area contributed by atoms with Crippen molar-refractivity contribution in [1.82, 2.24) is 5.32 Å². The van der Waals surface area contributed by atoms with Crippen LogP contribution in [0.1, 0.15) is 78.6 Å². The Morgan fingerprint density at radius 1 is 1.16 bits per heavy atom. The van der Waals surface area contributed by atoms with Gasteiger partial charge in [0.05, 0.1) is 12.0 Å². The minimum Gasteiger partial charge on any atom is -0.312 e. The van der Waals surface area contributed by atoms with E-state index in [0.29, 0.717) is 11.5 Å². The Balaban J connectivity index is 2.37. The van der Waals surface area contributed by atoms with Crippen molar-refractivity contribution in [1.29, 1.82) is 5.26 Å². The number of rotatable bonds is 7. The van der Waals surface area contributed by atoms with E-state index in [1.54, 1.807) is 0 Å². The smallest absolute Gasteiger partial charge is 0.0672 e. The van der Waals surface area contributed by atoms with Gasteiger partial charge in [-0.15, -0.1) is 0 Å². The molecule has 110 valence electrons. The predicted molar refractivity (Wildman–Crippen MR) is 81.9 cm³/mol. The molecule has 0 amide bonds. The summed E-state index contributed by atoms with van der Waals surface area (Å²) in [5, 5.41) is 13.0. The van der Waals surface area contributed by atoms with Gasteiger partial charge in [-0.1, -0.05) is 59.3 Å². The van der Waals surface area contributed by atoms with Crippen LogP contribution in [0.3, 0.4) is 0 Å². The standard InChI is InChI=1S/C17H32N2/c1-4-5-9-12-17(2,3)14-19-16-11-8-6-7-10-15(16)13-18/h15-16,19H,4-12,14H2,1-3H3. The molecule has 0 radical (unpaired) electrons. The Bertz CT molecular complexity index is 277. The fourth-order valence-corrected chi connectivity index (χ4v) is 3.06. The number of hydrogen-bond donors (Lipinski definition) is 1. The molecule has 0 aromatic carbocycles. The van der Waals surface area contributed by atoms with Gasteiger partial charge in [-0.25, -0.2) is 0 Å². The summed E-state index contributed by atoms with van der Waals surface area (Å²) < 4.78 is 0. The Kier molecular flexibility index (Phi) is 7.46. The minimum atomic E-state index is 0.231. The molecule has 2 heteroatoms. The predicted octanol–water partition coefficient (Wildman–Crippen LogP) is 4.65. The Morgan fingerprint density at radius 2 is 1.89 bits per heavy atom. The van der Waals surface area contributed by atoms with Gasteiger partial charge < -0.3 is 5.32 Å². The molecule has 1 aliphatic rings. The molecule has 0 saturated heterocycles. The van der Waals surface area contributed by atoms with E-state index in [4.69, 9.17) is 0 Å². The van der Waals surface area contributed by atoms with E-state index in [2.05, 4.69) is 32.2 Å². The van der Waals surface area contributed by atoms with Gasteiger partial charge in [0.15, 0.2) is 0 Å². The second-order valence-electron chi connectivity index (χ2n) is 6.98. The van der Waals surface area contributed by atoms with Crippen molar-refractivity contribution in [2.45, 2.75) is 84.6 Å². The lowest BCUT2D eigenvalue weighted by atomic mass is 9.85. The van der Waals surface area contributed by atoms with Gasteiger partial charge in [0.1, 0.15) is 0 Å². The number of hydrogen-bond acceptors (Lipinski definition) is 2. The van der Waals surface area contributed by atoms with Crippen LogP contribution in [0.2, 0.25) is 0 Å². The Hall–Kier alpha value is -0.550. The molecule has 1 fully saturated rings. The molecule has 2 atom stereocenters. The molecule has 1 saturated carbocycles. The van der Waals surface area contributed by atoms with Gasteiger partial charge in [-0.2, -0.15) is 5.26 Å².